The molecule has 2 aliphatic heterocycles. The van der Waals surface area contributed by atoms with Crippen LogP contribution in [0.3, 0.4) is 0 Å². The van der Waals surface area contributed by atoms with E-state index in [2.05, 4.69) is 34.1 Å². The molecule has 5 aliphatic rings. The number of piperazine rings is 1. The van der Waals surface area contributed by atoms with E-state index in [0.717, 1.165) is 56.1 Å². The van der Waals surface area contributed by atoms with Crippen LogP contribution in [0.5, 0.6) is 0 Å². The molecule has 2 bridgehead atoms. The zero-order valence-electron chi connectivity index (χ0n) is 21.6. The van der Waals surface area contributed by atoms with Gasteiger partial charge in [0.25, 0.3) is 5.91 Å². The number of carbonyl (C=O) groups is 2. The summed E-state index contributed by atoms with van der Waals surface area (Å²) in [5.74, 6) is 1.37. The molecule has 1 N–H and O–H groups in total. The highest BCUT2D eigenvalue weighted by molar-refractivity contribution is 7.13. The number of hydrogen-bond acceptors (Lipinski definition) is 7. The van der Waals surface area contributed by atoms with Crippen molar-refractivity contribution in [3.05, 3.63) is 35.4 Å². The maximum absolute atomic E-state index is 13.4. The molecule has 1 aromatic carbocycles. The van der Waals surface area contributed by atoms with Gasteiger partial charge in [-0.3, -0.25) is 19.4 Å². The van der Waals surface area contributed by atoms with Crippen LogP contribution in [0.2, 0.25) is 0 Å². The van der Waals surface area contributed by atoms with Gasteiger partial charge in [-0.15, -0.1) is 0 Å². The summed E-state index contributed by atoms with van der Waals surface area (Å²) in [6.07, 6.45) is 5.93. The second-order valence-electron chi connectivity index (χ2n) is 12.2. The van der Waals surface area contributed by atoms with Crippen molar-refractivity contribution >= 4 is 39.3 Å². The Labute approximate surface area is 222 Å². The number of anilines is 1. The van der Waals surface area contributed by atoms with Crippen molar-refractivity contribution in [3.8, 4) is 0 Å². The average molecular weight is 521 g/mol. The Hall–Kier alpha value is -2.29. The number of nitrogens with zero attached hydrogens (tertiary/aromatic N) is 4. The number of likely N-dealkylation sites (tertiary alicyclic amines) is 1. The van der Waals surface area contributed by atoms with E-state index in [-0.39, 0.29) is 17.7 Å². The number of aromatic nitrogens is 1. The van der Waals surface area contributed by atoms with Gasteiger partial charge in [-0.1, -0.05) is 30.5 Å². The highest BCUT2D eigenvalue weighted by atomic mass is 32.1. The molecule has 5 atom stereocenters. The summed E-state index contributed by atoms with van der Waals surface area (Å²) in [4.78, 5) is 33.4. The quantitative estimate of drug-likeness (QED) is 0.606. The molecular weight excluding hydrogens is 484 g/mol. The Kier molecular flexibility index (Phi) is 5.72. The van der Waals surface area contributed by atoms with Crippen LogP contribution in [-0.4, -0.2) is 76.0 Å². The first-order valence-corrected chi connectivity index (χ1v) is 14.8. The van der Waals surface area contributed by atoms with E-state index in [1.54, 1.807) is 16.4 Å². The topological polar surface area (TPSA) is 77.0 Å². The molecule has 37 heavy (non-hydrogen) atoms. The summed E-state index contributed by atoms with van der Waals surface area (Å²) in [7, 11) is 0. The summed E-state index contributed by atoms with van der Waals surface area (Å²) in [5, 5.41) is 12.0. The molecular formula is C29H36N4O3S. The van der Waals surface area contributed by atoms with Crippen LogP contribution in [0.15, 0.2) is 35.4 Å². The molecule has 0 radical (unpaired) electrons. The lowest BCUT2D eigenvalue weighted by Gasteiger charge is -2.40. The van der Waals surface area contributed by atoms with E-state index in [1.807, 2.05) is 6.92 Å². The number of benzene rings is 1. The molecule has 2 aromatic rings. The van der Waals surface area contributed by atoms with Crippen molar-refractivity contribution in [2.75, 3.05) is 44.2 Å². The molecule has 3 heterocycles. The summed E-state index contributed by atoms with van der Waals surface area (Å²) in [6.45, 7) is 7.42. The van der Waals surface area contributed by atoms with Crippen LogP contribution in [0.25, 0.3) is 10.1 Å². The van der Waals surface area contributed by atoms with Crippen LogP contribution < -0.4 is 4.90 Å². The molecule has 7 rings (SSSR count). The van der Waals surface area contributed by atoms with Crippen molar-refractivity contribution < 1.29 is 14.7 Å². The number of rotatable bonds is 5. The first kappa shape index (κ1) is 23.8. The molecule has 1 aromatic heterocycles. The zero-order chi connectivity index (χ0) is 25.3. The Balaban J connectivity index is 1.00. The van der Waals surface area contributed by atoms with E-state index in [1.165, 1.54) is 29.3 Å². The Morgan fingerprint density at radius 1 is 1.05 bits per heavy atom. The van der Waals surface area contributed by atoms with Gasteiger partial charge < -0.3 is 10.0 Å². The second-order valence-corrected chi connectivity index (χ2v) is 13.0. The second kappa shape index (κ2) is 8.89. The van der Waals surface area contributed by atoms with Gasteiger partial charge in [0, 0.05) is 56.1 Å². The van der Waals surface area contributed by atoms with Gasteiger partial charge in [0.2, 0.25) is 5.91 Å². The van der Waals surface area contributed by atoms with Gasteiger partial charge in [-0.25, -0.2) is 0 Å². The van der Waals surface area contributed by atoms with Crippen LogP contribution in [-0.2, 0) is 9.59 Å². The molecule has 7 nitrogen and oxygen atoms in total. The minimum atomic E-state index is -0.851. The van der Waals surface area contributed by atoms with Crippen molar-refractivity contribution in [1.29, 1.82) is 0 Å². The number of hydrogen-bond donors (Lipinski definition) is 1. The minimum absolute atomic E-state index is 0.0478. The van der Waals surface area contributed by atoms with Crippen LogP contribution >= 0.6 is 11.5 Å². The lowest BCUT2D eigenvalue weighted by molar-refractivity contribution is -0.142. The van der Waals surface area contributed by atoms with Gasteiger partial charge in [-0.2, -0.15) is 4.37 Å². The third-order valence-corrected chi connectivity index (χ3v) is 10.8. The highest BCUT2D eigenvalue weighted by Crippen LogP contribution is 2.56. The van der Waals surface area contributed by atoms with Gasteiger partial charge in [0.05, 0.1) is 16.2 Å². The number of amides is 2. The predicted octanol–water partition coefficient (Wildman–Crippen LogP) is 3.68. The molecule has 2 amide bonds. The molecule has 0 unspecified atom stereocenters. The fourth-order valence-electron chi connectivity index (χ4n) is 7.96. The SMILES string of the molecule is C[C@]1(O)CC2=C3C(=O)N(C[C@@H]4CCCC[C@H]4CN4CCN(c5nsc6ccccc56)CC4)C(=O)[C@@H]3[C@@H]1C2. The Bertz CT molecular complexity index is 1280. The van der Waals surface area contributed by atoms with Gasteiger partial charge in [0.15, 0.2) is 0 Å². The van der Waals surface area contributed by atoms with E-state index < -0.39 is 11.5 Å². The number of fused-ring (bicyclic) bond motifs is 5. The lowest BCUT2D eigenvalue weighted by Crippen LogP contribution is -2.49. The largest absolute Gasteiger partial charge is 0.390 e. The Morgan fingerprint density at radius 3 is 2.57 bits per heavy atom. The van der Waals surface area contributed by atoms with Crippen LogP contribution in [0.4, 0.5) is 5.82 Å². The third-order valence-electron chi connectivity index (χ3n) is 9.94. The van der Waals surface area contributed by atoms with Crippen molar-refractivity contribution in [2.24, 2.45) is 23.7 Å². The normalized spacial score (nSPS) is 34.3. The Morgan fingerprint density at radius 2 is 1.78 bits per heavy atom. The van der Waals surface area contributed by atoms with Crippen molar-refractivity contribution in [3.63, 3.8) is 0 Å². The zero-order valence-corrected chi connectivity index (χ0v) is 22.4. The monoisotopic (exact) mass is 520 g/mol. The molecule has 3 aliphatic carbocycles. The van der Waals surface area contributed by atoms with Gasteiger partial charge in [0.1, 0.15) is 5.82 Å². The summed E-state index contributed by atoms with van der Waals surface area (Å²) >= 11 is 1.58. The average Bonchev–Trinajstić information content (AvgIpc) is 3.62. The smallest absolute Gasteiger partial charge is 0.257 e. The van der Waals surface area contributed by atoms with Gasteiger partial charge in [-0.05, 0) is 68.1 Å². The maximum atomic E-state index is 13.4. The predicted molar refractivity (Wildman–Crippen MR) is 144 cm³/mol. The first-order valence-electron chi connectivity index (χ1n) is 14.0. The van der Waals surface area contributed by atoms with E-state index >= 15 is 0 Å². The highest BCUT2D eigenvalue weighted by Gasteiger charge is 2.61. The minimum Gasteiger partial charge on any atom is -0.390 e. The van der Waals surface area contributed by atoms with E-state index in [4.69, 9.17) is 4.37 Å². The van der Waals surface area contributed by atoms with Crippen LogP contribution in [0, 0.1) is 23.7 Å². The van der Waals surface area contributed by atoms with Crippen molar-refractivity contribution in [2.45, 2.75) is 51.0 Å². The molecule has 2 saturated carbocycles. The summed E-state index contributed by atoms with van der Waals surface area (Å²) < 4.78 is 6.00. The molecule has 196 valence electrons. The molecule has 4 fully saturated rings. The standard InChI is InChI=1S/C29H36N4O3S/c1-29(36)15-20-14-22(29)25-24(20)27(34)33(28(25)35)17-19-7-3-2-6-18(19)16-31-10-12-32(13-11-31)26-21-8-4-5-9-23(21)37-30-26/h4-5,8-9,18-19,22,25,36H,2-3,6-7,10-17H2,1H3/t18-,19-,22-,25+,29-/m0/s1. The summed E-state index contributed by atoms with van der Waals surface area (Å²) in [6, 6.07) is 8.48. The maximum Gasteiger partial charge on any atom is 0.257 e. The summed E-state index contributed by atoms with van der Waals surface area (Å²) in [5.41, 5.74) is 0.918. The first-order chi connectivity index (χ1) is 17.9. The van der Waals surface area contributed by atoms with E-state index in [9.17, 15) is 14.7 Å². The molecule has 0 spiro atoms. The molecule has 8 heteroatoms. The van der Waals surface area contributed by atoms with Gasteiger partial charge >= 0.3 is 0 Å². The fourth-order valence-corrected chi connectivity index (χ4v) is 8.76. The van der Waals surface area contributed by atoms with Crippen LogP contribution in [0.1, 0.15) is 45.4 Å². The molecule has 2 saturated heterocycles. The van der Waals surface area contributed by atoms with E-state index in [0.29, 0.717) is 31.2 Å². The van der Waals surface area contributed by atoms with Crippen molar-refractivity contribution in [1.82, 2.24) is 14.2 Å². The number of imide groups is 1. The number of carbonyl (C=O) groups excluding carboxylic acids is 2. The lowest BCUT2D eigenvalue weighted by atomic mass is 9.78. The third kappa shape index (κ3) is 3.86. The number of aliphatic hydroxyl groups is 1. The fraction of sp³-hybridized carbons (Fsp3) is 0.621.